The smallest absolute Gasteiger partial charge is 0.327 e. The lowest BCUT2D eigenvalue weighted by molar-refractivity contribution is -0.141. The van der Waals surface area contributed by atoms with Crippen LogP contribution in [0, 0.1) is 0 Å². The summed E-state index contributed by atoms with van der Waals surface area (Å²) in [5, 5.41) is 40.4. The maximum Gasteiger partial charge on any atom is 0.327 e. The number of aliphatic carboxylic acids is 2. The SMILES string of the molecule is CC(C)=CCC/C(C)=C/CC[C@]1(C)Oc2c(c(O)cc3c2CN([C@H](CSSCCC(=O)O)C(=O)O)C3=O)C[C@@H]1O. The van der Waals surface area contributed by atoms with Crippen LogP contribution in [0.4, 0.5) is 0 Å². The van der Waals surface area contributed by atoms with Crippen LogP contribution in [0.5, 0.6) is 11.5 Å². The fourth-order valence-electron chi connectivity index (χ4n) is 4.87. The van der Waals surface area contributed by atoms with Crippen molar-refractivity contribution in [1.29, 1.82) is 0 Å². The Balaban J connectivity index is 1.76. The molecule has 40 heavy (non-hydrogen) atoms. The molecule has 1 aromatic rings. The van der Waals surface area contributed by atoms with Crippen molar-refractivity contribution in [3.05, 3.63) is 46.1 Å². The van der Waals surface area contributed by atoms with E-state index in [1.165, 1.54) is 43.7 Å². The lowest BCUT2D eigenvalue weighted by atomic mass is 9.84. The van der Waals surface area contributed by atoms with Gasteiger partial charge in [-0.25, -0.2) is 4.79 Å². The molecule has 9 nitrogen and oxygen atoms in total. The first-order valence-electron chi connectivity index (χ1n) is 13.4. The van der Waals surface area contributed by atoms with Crippen molar-refractivity contribution in [3.63, 3.8) is 0 Å². The lowest BCUT2D eigenvalue weighted by Crippen LogP contribution is -2.49. The van der Waals surface area contributed by atoms with Crippen LogP contribution >= 0.6 is 21.6 Å². The molecule has 0 aromatic heterocycles. The van der Waals surface area contributed by atoms with E-state index in [9.17, 15) is 29.7 Å². The zero-order valence-electron chi connectivity index (χ0n) is 23.4. The van der Waals surface area contributed by atoms with Crippen molar-refractivity contribution >= 4 is 39.4 Å². The van der Waals surface area contributed by atoms with Crippen molar-refractivity contribution in [2.24, 2.45) is 0 Å². The minimum atomic E-state index is -1.17. The van der Waals surface area contributed by atoms with E-state index in [2.05, 4.69) is 32.9 Å². The summed E-state index contributed by atoms with van der Waals surface area (Å²) in [6, 6.07) is 0.196. The predicted octanol–water partition coefficient (Wildman–Crippen LogP) is 5.18. The van der Waals surface area contributed by atoms with Crippen LogP contribution < -0.4 is 4.74 Å². The van der Waals surface area contributed by atoms with E-state index in [0.717, 1.165) is 12.8 Å². The monoisotopic (exact) mass is 593 g/mol. The van der Waals surface area contributed by atoms with E-state index >= 15 is 0 Å². The topological polar surface area (TPSA) is 145 Å². The summed E-state index contributed by atoms with van der Waals surface area (Å²) in [7, 11) is 2.45. The van der Waals surface area contributed by atoms with Crippen LogP contribution in [0.3, 0.4) is 0 Å². The molecular formula is C29H39NO8S2. The Kier molecular flexibility index (Phi) is 11.0. The second-order valence-corrected chi connectivity index (χ2v) is 13.4. The number of carboxylic acids is 2. The van der Waals surface area contributed by atoms with Crippen molar-refractivity contribution < 1.29 is 39.5 Å². The van der Waals surface area contributed by atoms with Gasteiger partial charge in [0.1, 0.15) is 23.1 Å². The van der Waals surface area contributed by atoms with Gasteiger partial charge in [0.15, 0.2) is 0 Å². The number of fused-ring (bicyclic) bond motifs is 3. The number of amides is 1. The molecule has 0 fully saturated rings. The number of aliphatic hydroxyl groups excluding tert-OH is 1. The zero-order valence-corrected chi connectivity index (χ0v) is 25.1. The quantitative estimate of drug-likeness (QED) is 0.129. The molecule has 2 aliphatic rings. The van der Waals surface area contributed by atoms with Gasteiger partial charge in [0.05, 0.1) is 24.6 Å². The molecule has 2 aliphatic heterocycles. The summed E-state index contributed by atoms with van der Waals surface area (Å²) in [6.07, 6.45) is 6.73. The minimum absolute atomic E-state index is 0.00362. The third-order valence-electron chi connectivity index (χ3n) is 7.32. The highest BCUT2D eigenvalue weighted by Gasteiger charge is 2.45. The van der Waals surface area contributed by atoms with E-state index in [4.69, 9.17) is 9.84 Å². The van der Waals surface area contributed by atoms with Gasteiger partial charge in [0.2, 0.25) is 0 Å². The number of benzene rings is 1. The van der Waals surface area contributed by atoms with Crippen molar-refractivity contribution in [2.45, 2.75) is 90.5 Å². The zero-order chi connectivity index (χ0) is 29.6. The fraction of sp³-hybridized carbons (Fsp3) is 0.552. The summed E-state index contributed by atoms with van der Waals surface area (Å²) < 4.78 is 6.38. The highest BCUT2D eigenvalue weighted by molar-refractivity contribution is 8.76. The average Bonchev–Trinajstić information content (AvgIpc) is 3.18. The number of hydrogen-bond acceptors (Lipinski definition) is 8. The van der Waals surface area contributed by atoms with Gasteiger partial charge in [-0.05, 0) is 59.4 Å². The summed E-state index contributed by atoms with van der Waals surface area (Å²) in [5.74, 6) is -2.03. The molecule has 220 valence electrons. The molecule has 0 radical (unpaired) electrons. The van der Waals surface area contributed by atoms with Crippen LogP contribution in [-0.2, 0) is 22.6 Å². The van der Waals surface area contributed by atoms with Gasteiger partial charge in [-0.15, -0.1) is 0 Å². The molecule has 1 amide bonds. The van der Waals surface area contributed by atoms with E-state index < -0.39 is 35.6 Å². The highest BCUT2D eigenvalue weighted by atomic mass is 33.1. The van der Waals surface area contributed by atoms with Crippen LogP contribution in [-0.4, -0.2) is 72.4 Å². The van der Waals surface area contributed by atoms with Crippen LogP contribution in [0.1, 0.15) is 81.3 Å². The Morgan fingerprint density at radius 2 is 1.88 bits per heavy atom. The molecule has 3 rings (SSSR count). The fourth-order valence-corrected chi connectivity index (χ4v) is 7.07. The van der Waals surface area contributed by atoms with Gasteiger partial charge in [-0.1, -0.05) is 44.9 Å². The van der Waals surface area contributed by atoms with Crippen molar-refractivity contribution in [3.8, 4) is 11.5 Å². The summed E-state index contributed by atoms with van der Waals surface area (Å²) in [4.78, 5) is 37.4. The number of carbonyl (C=O) groups is 3. The summed E-state index contributed by atoms with van der Waals surface area (Å²) in [5.41, 5.74) is 2.71. The Morgan fingerprint density at radius 1 is 1.15 bits per heavy atom. The largest absolute Gasteiger partial charge is 0.508 e. The third-order valence-corrected chi connectivity index (χ3v) is 9.71. The number of ether oxygens (including phenoxy) is 1. The number of phenols is 1. The molecule has 0 saturated heterocycles. The molecule has 0 spiro atoms. The number of phenolic OH excluding ortho intramolecular Hbond substituents is 1. The average molecular weight is 594 g/mol. The molecule has 3 atom stereocenters. The number of rotatable bonds is 14. The molecular weight excluding hydrogens is 554 g/mol. The van der Waals surface area contributed by atoms with Gasteiger partial charge in [0.25, 0.3) is 5.91 Å². The second kappa shape index (κ2) is 13.8. The first-order chi connectivity index (χ1) is 18.8. The third kappa shape index (κ3) is 7.76. The number of carbonyl (C=O) groups excluding carboxylic acids is 1. The van der Waals surface area contributed by atoms with E-state index in [-0.39, 0.29) is 36.5 Å². The predicted molar refractivity (Wildman–Crippen MR) is 157 cm³/mol. The highest BCUT2D eigenvalue weighted by Crippen LogP contribution is 2.46. The Morgan fingerprint density at radius 3 is 2.52 bits per heavy atom. The number of nitrogens with zero attached hydrogens (tertiary/aromatic N) is 1. The van der Waals surface area contributed by atoms with E-state index in [1.807, 2.05) is 6.92 Å². The van der Waals surface area contributed by atoms with Crippen molar-refractivity contribution in [2.75, 3.05) is 11.5 Å². The summed E-state index contributed by atoms with van der Waals surface area (Å²) >= 11 is 0. The molecule has 4 N–H and O–H groups in total. The number of aromatic hydroxyl groups is 1. The second-order valence-electron chi connectivity index (χ2n) is 10.8. The van der Waals surface area contributed by atoms with E-state index in [1.54, 1.807) is 0 Å². The Hall–Kier alpha value is -2.63. The van der Waals surface area contributed by atoms with E-state index in [0.29, 0.717) is 35.5 Å². The Bertz CT molecular complexity index is 1190. The minimum Gasteiger partial charge on any atom is -0.508 e. The van der Waals surface area contributed by atoms with Gasteiger partial charge < -0.3 is 30.1 Å². The number of aliphatic hydroxyl groups is 1. The van der Waals surface area contributed by atoms with Gasteiger partial charge in [0, 0.05) is 29.1 Å². The number of carboxylic acid groups (broad SMARTS) is 2. The van der Waals surface area contributed by atoms with Gasteiger partial charge in [-0.2, -0.15) is 0 Å². The van der Waals surface area contributed by atoms with Crippen LogP contribution in [0.15, 0.2) is 29.4 Å². The molecule has 1 aromatic carbocycles. The summed E-state index contributed by atoms with van der Waals surface area (Å²) in [6.45, 7) is 8.06. The van der Waals surface area contributed by atoms with Crippen molar-refractivity contribution in [1.82, 2.24) is 4.90 Å². The Labute approximate surface area is 243 Å². The molecule has 0 unspecified atom stereocenters. The molecule has 2 heterocycles. The first kappa shape index (κ1) is 31.9. The number of hydrogen-bond donors (Lipinski definition) is 4. The van der Waals surface area contributed by atoms with Gasteiger partial charge >= 0.3 is 11.9 Å². The molecule has 0 bridgehead atoms. The van der Waals surface area contributed by atoms with Crippen LogP contribution in [0.2, 0.25) is 0 Å². The normalized spacial score (nSPS) is 20.9. The van der Waals surface area contributed by atoms with Gasteiger partial charge in [-0.3, -0.25) is 9.59 Å². The first-order valence-corrected chi connectivity index (χ1v) is 15.9. The maximum atomic E-state index is 13.3. The molecule has 11 heteroatoms. The maximum absolute atomic E-state index is 13.3. The molecule has 0 aliphatic carbocycles. The lowest BCUT2D eigenvalue weighted by Gasteiger charge is -2.41. The number of allylic oxidation sites excluding steroid dienone is 4. The van der Waals surface area contributed by atoms with Crippen LogP contribution in [0.25, 0.3) is 0 Å². The molecule has 0 saturated carbocycles. The standard InChI is InChI=1S/C29H39NO8S2/c1-17(2)7-5-8-18(3)9-6-11-29(4)24(32)14-20-23(31)13-19-21(26(20)38-29)15-30(27(19)35)22(28(36)37)16-40-39-12-10-25(33)34/h7,9,13,22,24,31-32H,5-6,8,10-12,14-16H2,1-4H3,(H,33,34)(H,36,37)/b18-9+/t22-,24+,29+/m1/s1.